The number of sulfone groups is 1. The third-order valence-corrected chi connectivity index (χ3v) is 6.12. The van der Waals surface area contributed by atoms with Gasteiger partial charge in [-0.15, -0.1) is 0 Å². The summed E-state index contributed by atoms with van der Waals surface area (Å²) >= 11 is 0. The molecule has 1 aromatic rings. The molecule has 0 aliphatic carbocycles. The summed E-state index contributed by atoms with van der Waals surface area (Å²) in [5, 5.41) is 10.1. The van der Waals surface area contributed by atoms with Gasteiger partial charge >= 0.3 is 0 Å². The Morgan fingerprint density at radius 1 is 1.15 bits per heavy atom. The summed E-state index contributed by atoms with van der Waals surface area (Å²) in [5.74, 6) is 0.0104. The number of aliphatic hydroxyl groups is 1. The zero-order valence-corrected chi connectivity index (χ0v) is 16.8. The van der Waals surface area contributed by atoms with Crippen molar-refractivity contribution in [3.63, 3.8) is 0 Å². The van der Waals surface area contributed by atoms with Gasteiger partial charge in [0.2, 0.25) is 5.91 Å². The van der Waals surface area contributed by atoms with E-state index in [2.05, 4.69) is 4.90 Å². The summed E-state index contributed by atoms with van der Waals surface area (Å²) in [6.45, 7) is 7.35. The van der Waals surface area contributed by atoms with Crippen molar-refractivity contribution in [1.29, 1.82) is 0 Å². The van der Waals surface area contributed by atoms with Gasteiger partial charge < -0.3 is 10.0 Å². The Balaban J connectivity index is 1.91. The van der Waals surface area contributed by atoms with Crippen LogP contribution in [-0.2, 0) is 21.2 Å². The molecule has 26 heavy (non-hydrogen) atoms. The lowest BCUT2D eigenvalue weighted by Crippen LogP contribution is -2.39. The van der Waals surface area contributed by atoms with E-state index in [0.717, 1.165) is 31.6 Å². The number of benzene rings is 1. The number of carbonyl (C=O) groups excluding carboxylic acids is 1. The van der Waals surface area contributed by atoms with Crippen molar-refractivity contribution in [2.45, 2.75) is 50.2 Å². The van der Waals surface area contributed by atoms with E-state index in [4.69, 9.17) is 0 Å². The first-order valence-electron chi connectivity index (χ1n) is 9.12. The molecular formula is C19H30N2O4S. The molecule has 0 bridgehead atoms. The highest BCUT2D eigenvalue weighted by atomic mass is 32.2. The van der Waals surface area contributed by atoms with E-state index in [9.17, 15) is 18.3 Å². The van der Waals surface area contributed by atoms with E-state index in [-0.39, 0.29) is 12.3 Å². The molecule has 2 rings (SSSR count). The molecule has 7 heteroatoms. The molecule has 0 aromatic heterocycles. The lowest BCUT2D eigenvalue weighted by atomic mass is 9.98. The number of rotatable bonds is 6. The predicted molar refractivity (Wildman–Crippen MR) is 102 cm³/mol. The van der Waals surface area contributed by atoms with Crippen LogP contribution < -0.4 is 0 Å². The highest BCUT2D eigenvalue weighted by Crippen LogP contribution is 2.17. The maximum Gasteiger partial charge on any atom is 0.225 e. The molecule has 0 radical (unpaired) electrons. The average Bonchev–Trinajstić information content (AvgIpc) is 2.80. The topological polar surface area (TPSA) is 77.9 Å². The molecule has 6 nitrogen and oxygen atoms in total. The van der Waals surface area contributed by atoms with Gasteiger partial charge in [0.05, 0.1) is 16.9 Å². The molecule has 146 valence electrons. The van der Waals surface area contributed by atoms with Crippen molar-refractivity contribution in [2.75, 3.05) is 32.4 Å². The number of hydrogen-bond donors (Lipinski definition) is 1. The molecule has 1 aromatic carbocycles. The third kappa shape index (κ3) is 6.07. The highest BCUT2D eigenvalue weighted by Gasteiger charge is 2.26. The first kappa shape index (κ1) is 20.9. The van der Waals surface area contributed by atoms with E-state index in [1.165, 1.54) is 6.26 Å². The molecule has 1 fully saturated rings. The van der Waals surface area contributed by atoms with Crippen LogP contribution in [0.15, 0.2) is 29.2 Å². The molecule has 0 spiro atoms. The summed E-state index contributed by atoms with van der Waals surface area (Å²) in [5.41, 5.74) is 0.121. The largest absolute Gasteiger partial charge is 0.390 e. The smallest absolute Gasteiger partial charge is 0.225 e. The minimum Gasteiger partial charge on any atom is -0.390 e. The molecule has 1 amide bonds. The molecule has 1 saturated heterocycles. The van der Waals surface area contributed by atoms with Crippen LogP contribution in [0.4, 0.5) is 0 Å². The van der Waals surface area contributed by atoms with Crippen molar-refractivity contribution < 1.29 is 18.3 Å². The second-order valence-electron chi connectivity index (χ2n) is 7.45. The van der Waals surface area contributed by atoms with Gasteiger partial charge in [-0.2, -0.15) is 0 Å². The molecule has 1 heterocycles. The van der Waals surface area contributed by atoms with Gasteiger partial charge in [-0.05, 0) is 37.5 Å². The average molecular weight is 383 g/mol. The summed E-state index contributed by atoms with van der Waals surface area (Å²) in [6.07, 6.45) is 2.82. The van der Waals surface area contributed by atoms with Crippen molar-refractivity contribution >= 4 is 15.7 Å². The van der Waals surface area contributed by atoms with Crippen LogP contribution in [0.25, 0.3) is 0 Å². The molecule has 1 N–H and O–H groups in total. The lowest BCUT2D eigenvalue weighted by molar-refractivity contribution is -0.135. The first-order valence-corrected chi connectivity index (χ1v) is 11.0. The van der Waals surface area contributed by atoms with Gasteiger partial charge in [0.1, 0.15) is 0 Å². The Kier molecular flexibility index (Phi) is 6.82. The summed E-state index contributed by atoms with van der Waals surface area (Å²) in [6, 6.07) is 6.99. The minimum atomic E-state index is -3.17. The second kappa shape index (κ2) is 8.50. The minimum absolute atomic E-state index is 0.0104. The maximum atomic E-state index is 12.4. The van der Waals surface area contributed by atoms with E-state index >= 15 is 0 Å². The third-order valence-electron chi connectivity index (χ3n) is 4.99. The number of amides is 1. The first-order chi connectivity index (χ1) is 12.1. The fraction of sp³-hybridized carbons (Fsp3) is 0.632. The predicted octanol–water partition coefficient (Wildman–Crippen LogP) is 1.68. The van der Waals surface area contributed by atoms with Gasteiger partial charge in [0.15, 0.2) is 9.84 Å². The number of carbonyl (C=O) groups is 1. The zero-order chi connectivity index (χ0) is 19.4. The SMILES string of the molecule is CCC(C)(O)CC(=O)N1CCCN(Cc2ccc(S(C)(=O)=O)cc2)CC1. The van der Waals surface area contributed by atoms with Gasteiger partial charge in [-0.1, -0.05) is 19.1 Å². The number of hydrogen-bond acceptors (Lipinski definition) is 5. The fourth-order valence-electron chi connectivity index (χ4n) is 3.04. The zero-order valence-electron chi connectivity index (χ0n) is 15.9. The quantitative estimate of drug-likeness (QED) is 0.810. The van der Waals surface area contributed by atoms with Crippen molar-refractivity contribution in [1.82, 2.24) is 9.80 Å². The molecule has 0 saturated carbocycles. The maximum absolute atomic E-state index is 12.4. The van der Waals surface area contributed by atoms with Gasteiger partial charge in [0.25, 0.3) is 0 Å². The van der Waals surface area contributed by atoms with Crippen molar-refractivity contribution in [3.8, 4) is 0 Å². The summed E-state index contributed by atoms with van der Waals surface area (Å²) < 4.78 is 23.1. The van der Waals surface area contributed by atoms with Crippen LogP contribution in [0.5, 0.6) is 0 Å². The van der Waals surface area contributed by atoms with Crippen LogP contribution in [0.2, 0.25) is 0 Å². The Labute approximate surface area is 156 Å². The molecule has 1 atom stereocenters. The Hall–Kier alpha value is -1.44. The van der Waals surface area contributed by atoms with Crippen molar-refractivity contribution in [3.05, 3.63) is 29.8 Å². The standard InChI is InChI=1S/C19H30N2O4S/c1-4-19(2,23)14-18(22)21-11-5-10-20(12-13-21)15-16-6-8-17(9-7-16)26(3,24)25/h6-9,23H,4-5,10-15H2,1-3H3. The van der Waals surface area contributed by atoms with E-state index in [1.54, 1.807) is 19.1 Å². The summed E-state index contributed by atoms with van der Waals surface area (Å²) in [7, 11) is -3.17. The Morgan fingerprint density at radius 2 is 1.81 bits per heavy atom. The molecule has 1 aliphatic rings. The van der Waals surface area contributed by atoms with Crippen LogP contribution in [0.1, 0.15) is 38.7 Å². The van der Waals surface area contributed by atoms with Crippen LogP contribution >= 0.6 is 0 Å². The molecule has 1 unspecified atom stereocenters. The fourth-order valence-corrected chi connectivity index (χ4v) is 3.67. The normalized spacial score (nSPS) is 19.0. The van der Waals surface area contributed by atoms with E-state index in [0.29, 0.717) is 24.4 Å². The van der Waals surface area contributed by atoms with Gasteiger partial charge in [-0.25, -0.2) is 8.42 Å². The Bertz CT molecular complexity index is 714. The van der Waals surface area contributed by atoms with E-state index < -0.39 is 15.4 Å². The lowest BCUT2D eigenvalue weighted by Gasteiger charge is -2.26. The number of nitrogens with zero attached hydrogens (tertiary/aromatic N) is 2. The monoisotopic (exact) mass is 382 g/mol. The molecular weight excluding hydrogens is 352 g/mol. The van der Waals surface area contributed by atoms with E-state index in [1.807, 2.05) is 24.0 Å². The van der Waals surface area contributed by atoms with Crippen LogP contribution in [0, 0.1) is 0 Å². The van der Waals surface area contributed by atoms with Gasteiger partial charge in [0, 0.05) is 39.0 Å². The summed E-state index contributed by atoms with van der Waals surface area (Å²) in [4.78, 5) is 16.9. The van der Waals surface area contributed by atoms with Crippen LogP contribution in [-0.4, -0.2) is 67.3 Å². The van der Waals surface area contributed by atoms with Gasteiger partial charge in [-0.3, -0.25) is 9.69 Å². The Morgan fingerprint density at radius 3 is 2.38 bits per heavy atom. The second-order valence-corrected chi connectivity index (χ2v) is 9.47. The van der Waals surface area contributed by atoms with Crippen LogP contribution in [0.3, 0.4) is 0 Å². The molecule has 1 aliphatic heterocycles. The van der Waals surface area contributed by atoms with Crippen molar-refractivity contribution in [2.24, 2.45) is 0 Å². The highest BCUT2D eigenvalue weighted by molar-refractivity contribution is 7.90.